The molecule has 0 aliphatic carbocycles. The summed E-state index contributed by atoms with van der Waals surface area (Å²) in [5.74, 6) is 1.47. The standard InChI is InChI=1S/C20H21N5O2/c1-14-18(16-11-21-22-12-16)6-7-19(23-14)25-9-8-24(20(25)26)13-15-4-3-5-17(10-15)27-2/h3-7,10-12H,8-9,13H2,1-2H3,(H,21,22). The first kappa shape index (κ1) is 17.1. The number of pyridine rings is 1. The summed E-state index contributed by atoms with van der Waals surface area (Å²) in [6, 6.07) is 11.6. The van der Waals surface area contributed by atoms with E-state index in [4.69, 9.17) is 4.74 Å². The number of carbonyl (C=O) groups excluding carboxylic acids is 1. The first-order valence-corrected chi connectivity index (χ1v) is 8.82. The van der Waals surface area contributed by atoms with Gasteiger partial charge in [-0.15, -0.1) is 0 Å². The quantitative estimate of drug-likeness (QED) is 0.755. The zero-order chi connectivity index (χ0) is 18.8. The molecule has 0 bridgehead atoms. The smallest absolute Gasteiger partial charge is 0.326 e. The fraction of sp³-hybridized carbons (Fsp3) is 0.250. The summed E-state index contributed by atoms with van der Waals surface area (Å²) in [7, 11) is 1.64. The largest absolute Gasteiger partial charge is 0.497 e. The summed E-state index contributed by atoms with van der Waals surface area (Å²) in [4.78, 5) is 21.1. The highest BCUT2D eigenvalue weighted by molar-refractivity contribution is 5.93. The number of H-pyrrole nitrogens is 1. The summed E-state index contributed by atoms with van der Waals surface area (Å²) in [5, 5.41) is 6.79. The van der Waals surface area contributed by atoms with Crippen LogP contribution in [0.1, 0.15) is 11.3 Å². The lowest BCUT2D eigenvalue weighted by atomic mass is 10.1. The second-order valence-corrected chi connectivity index (χ2v) is 6.50. The number of urea groups is 1. The summed E-state index contributed by atoms with van der Waals surface area (Å²) in [6.45, 7) is 3.79. The van der Waals surface area contributed by atoms with Crippen molar-refractivity contribution in [2.45, 2.75) is 13.5 Å². The Morgan fingerprint density at radius 3 is 2.85 bits per heavy atom. The Labute approximate surface area is 157 Å². The van der Waals surface area contributed by atoms with E-state index in [9.17, 15) is 4.79 Å². The Bertz CT molecular complexity index is 955. The van der Waals surface area contributed by atoms with Crippen molar-refractivity contribution in [3.05, 3.63) is 60.0 Å². The molecule has 0 spiro atoms. The lowest BCUT2D eigenvalue weighted by Crippen LogP contribution is -2.32. The van der Waals surface area contributed by atoms with E-state index in [2.05, 4.69) is 15.2 Å². The Kier molecular flexibility index (Phi) is 4.50. The summed E-state index contributed by atoms with van der Waals surface area (Å²) >= 11 is 0. The number of methoxy groups -OCH3 is 1. The molecule has 138 valence electrons. The molecule has 0 radical (unpaired) electrons. The first-order chi connectivity index (χ1) is 13.2. The second-order valence-electron chi connectivity index (χ2n) is 6.50. The lowest BCUT2D eigenvalue weighted by molar-refractivity contribution is 0.218. The minimum absolute atomic E-state index is 0.0271. The lowest BCUT2D eigenvalue weighted by Gasteiger charge is -2.19. The number of aromatic amines is 1. The topological polar surface area (TPSA) is 74.3 Å². The summed E-state index contributed by atoms with van der Waals surface area (Å²) in [6.07, 6.45) is 3.60. The maximum absolute atomic E-state index is 12.9. The highest BCUT2D eigenvalue weighted by Crippen LogP contribution is 2.26. The molecular weight excluding hydrogens is 342 g/mol. The van der Waals surface area contributed by atoms with Crippen LogP contribution in [0.5, 0.6) is 5.75 Å². The second kappa shape index (κ2) is 7.11. The molecule has 4 rings (SSSR count). The van der Waals surface area contributed by atoms with Gasteiger partial charge in [0, 0.05) is 42.7 Å². The minimum atomic E-state index is -0.0271. The molecule has 1 fully saturated rings. The van der Waals surface area contributed by atoms with Gasteiger partial charge in [0.1, 0.15) is 11.6 Å². The van der Waals surface area contributed by atoms with Crippen molar-refractivity contribution in [3.63, 3.8) is 0 Å². The number of benzene rings is 1. The van der Waals surface area contributed by atoms with E-state index in [0.29, 0.717) is 25.5 Å². The molecule has 0 saturated carbocycles. The molecule has 7 nitrogen and oxygen atoms in total. The zero-order valence-electron chi connectivity index (χ0n) is 15.3. The number of anilines is 1. The van der Waals surface area contributed by atoms with E-state index in [0.717, 1.165) is 28.1 Å². The van der Waals surface area contributed by atoms with Crippen molar-refractivity contribution < 1.29 is 9.53 Å². The van der Waals surface area contributed by atoms with Gasteiger partial charge in [0.15, 0.2) is 0 Å². The molecule has 1 N–H and O–H groups in total. The van der Waals surface area contributed by atoms with Gasteiger partial charge in [-0.05, 0) is 36.8 Å². The Hall–Kier alpha value is -3.35. The molecule has 3 aromatic rings. The van der Waals surface area contributed by atoms with Gasteiger partial charge >= 0.3 is 6.03 Å². The number of aromatic nitrogens is 3. The van der Waals surface area contributed by atoms with Crippen LogP contribution >= 0.6 is 0 Å². The van der Waals surface area contributed by atoms with Crippen LogP contribution in [-0.2, 0) is 6.54 Å². The summed E-state index contributed by atoms with van der Waals surface area (Å²) in [5.41, 5.74) is 3.91. The van der Waals surface area contributed by atoms with Crippen LogP contribution < -0.4 is 9.64 Å². The molecule has 0 unspecified atom stereocenters. The molecule has 1 aliphatic rings. The van der Waals surface area contributed by atoms with Crippen LogP contribution in [0, 0.1) is 6.92 Å². The van der Waals surface area contributed by atoms with E-state index >= 15 is 0 Å². The Morgan fingerprint density at radius 1 is 1.22 bits per heavy atom. The molecule has 27 heavy (non-hydrogen) atoms. The zero-order valence-corrected chi connectivity index (χ0v) is 15.3. The predicted octanol–water partition coefficient (Wildman–Crippen LogP) is 3.23. The summed E-state index contributed by atoms with van der Waals surface area (Å²) < 4.78 is 5.26. The molecule has 1 aromatic carbocycles. The van der Waals surface area contributed by atoms with Crippen LogP contribution in [0.2, 0.25) is 0 Å². The SMILES string of the molecule is COc1cccc(CN2CCN(c3ccc(-c4cn[nH]c4)c(C)n3)C2=O)c1. The molecule has 0 atom stereocenters. The number of nitrogens with zero attached hydrogens (tertiary/aromatic N) is 4. The van der Waals surface area contributed by atoms with E-state index in [1.807, 2.05) is 54.4 Å². The number of hydrogen-bond acceptors (Lipinski definition) is 4. The van der Waals surface area contributed by atoms with Crippen LogP contribution in [0.25, 0.3) is 11.1 Å². The van der Waals surface area contributed by atoms with Crippen molar-refractivity contribution in [1.29, 1.82) is 0 Å². The fourth-order valence-electron chi connectivity index (χ4n) is 3.33. The Morgan fingerprint density at radius 2 is 2.11 bits per heavy atom. The van der Waals surface area contributed by atoms with Crippen LogP contribution in [0.3, 0.4) is 0 Å². The molecule has 1 saturated heterocycles. The monoisotopic (exact) mass is 363 g/mol. The van der Waals surface area contributed by atoms with Crippen molar-refractivity contribution in [3.8, 4) is 16.9 Å². The minimum Gasteiger partial charge on any atom is -0.497 e. The third-order valence-corrected chi connectivity index (χ3v) is 4.76. The van der Waals surface area contributed by atoms with Crippen LogP contribution in [0.15, 0.2) is 48.8 Å². The average molecular weight is 363 g/mol. The normalized spacial score (nSPS) is 14.1. The van der Waals surface area contributed by atoms with Gasteiger partial charge in [0.2, 0.25) is 0 Å². The number of hydrogen-bond donors (Lipinski definition) is 1. The van der Waals surface area contributed by atoms with Crippen LogP contribution in [-0.4, -0.2) is 46.3 Å². The van der Waals surface area contributed by atoms with Crippen molar-refractivity contribution >= 4 is 11.8 Å². The first-order valence-electron chi connectivity index (χ1n) is 8.82. The highest BCUT2D eigenvalue weighted by atomic mass is 16.5. The number of carbonyl (C=O) groups is 1. The third-order valence-electron chi connectivity index (χ3n) is 4.76. The number of rotatable bonds is 5. The molecule has 2 amide bonds. The van der Waals surface area contributed by atoms with E-state index in [1.165, 1.54) is 0 Å². The number of aryl methyl sites for hydroxylation is 1. The van der Waals surface area contributed by atoms with Gasteiger partial charge < -0.3 is 9.64 Å². The molecule has 1 aliphatic heterocycles. The molecule has 2 aromatic heterocycles. The molecular formula is C20H21N5O2. The molecule has 7 heteroatoms. The highest BCUT2D eigenvalue weighted by Gasteiger charge is 2.30. The Balaban J connectivity index is 1.51. The van der Waals surface area contributed by atoms with E-state index in [1.54, 1.807) is 18.2 Å². The molecule has 3 heterocycles. The van der Waals surface area contributed by atoms with Gasteiger partial charge in [0.25, 0.3) is 0 Å². The predicted molar refractivity (Wildman–Crippen MR) is 103 cm³/mol. The van der Waals surface area contributed by atoms with Crippen molar-refractivity contribution in [2.75, 3.05) is 25.1 Å². The van der Waals surface area contributed by atoms with E-state index < -0.39 is 0 Å². The van der Waals surface area contributed by atoms with Crippen molar-refractivity contribution in [1.82, 2.24) is 20.1 Å². The van der Waals surface area contributed by atoms with Crippen molar-refractivity contribution in [2.24, 2.45) is 0 Å². The van der Waals surface area contributed by atoms with Gasteiger partial charge in [-0.3, -0.25) is 10.00 Å². The number of ether oxygens (including phenoxy) is 1. The van der Waals surface area contributed by atoms with Gasteiger partial charge in [-0.1, -0.05) is 12.1 Å². The third kappa shape index (κ3) is 3.36. The maximum Gasteiger partial charge on any atom is 0.326 e. The average Bonchev–Trinajstić information content (AvgIpc) is 3.33. The number of amides is 2. The van der Waals surface area contributed by atoms with Gasteiger partial charge in [-0.25, -0.2) is 9.78 Å². The maximum atomic E-state index is 12.9. The van der Waals surface area contributed by atoms with Crippen LogP contribution in [0.4, 0.5) is 10.6 Å². The van der Waals surface area contributed by atoms with Gasteiger partial charge in [0.05, 0.1) is 13.3 Å². The van der Waals surface area contributed by atoms with E-state index in [-0.39, 0.29) is 6.03 Å². The number of nitrogens with one attached hydrogen (secondary N) is 1. The fourth-order valence-corrected chi connectivity index (χ4v) is 3.33. The van der Waals surface area contributed by atoms with Gasteiger partial charge in [-0.2, -0.15) is 5.10 Å².